The Morgan fingerprint density at radius 3 is 2.69 bits per heavy atom. The first-order valence-electron chi connectivity index (χ1n) is 3.87. The van der Waals surface area contributed by atoms with E-state index >= 15 is 0 Å². The van der Waals surface area contributed by atoms with E-state index in [0.717, 1.165) is 10.9 Å². The predicted octanol–water partition coefficient (Wildman–Crippen LogP) is 2.75. The Kier molecular flexibility index (Phi) is 1.85. The number of rotatable bonds is 0. The first kappa shape index (κ1) is 8.32. The van der Waals surface area contributed by atoms with Crippen LogP contribution in [0.15, 0.2) is 33.5 Å². The minimum Gasteiger partial charge on any atom is -0.422 e. The van der Waals surface area contributed by atoms with Gasteiger partial charge in [-0.25, -0.2) is 4.79 Å². The molecule has 0 radical (unpaired) electrons. The highest BCUT2D eigenvalue weighted by Gasteiger charge is 2.03. The number of halogens is 1. The van der Waals surface area contributed by atoms with Gasteiger partial charge in [0, 0.05) is 22.0 Å². The molecule has 0 saturated heterocycles. The van der Waals surface area contributed by atoms with Gasteiger partial charge in [0.1, 0.15) is 5.58 Å². The van der Waals surface area contributed by atoms with Gasteiger partial charge in [-0.1, -0.05) is 11.6 Å². The monoisotopic (exact) mass is 194 g/mol. The van der Waals surface area contributed by atoms with Gasteiger partial charge in [-0.05, 0) is 25.1 Å². The summed E-state index contributed by atoms with van der Waals surface area (Å²) in [5, 5.41) is 1.50. The van der Waals surface area contributed by atoms with Crippen LogP contribution in [-0.4, -0.2) is 0 Å². The van der Waals surface area contributed by atoms with Crippen molar-refractivity contribution < 1.29 is 4.42 Å². The second-order valence-corrected chi connectivity index (χ2v) is 3.25. The van der Waals surface area contributed by atoms with Crippen LogP contribution in [0.1, 0.15) is 5.56 Å². The highest BCUT2D eigenvalue weighted by molar-refractivity contribution is 6.32. The summed E-state index contributed by atoms with van der Waals surface area (Å²) >= 11 is 5.88. The number of fused-ring (bicyclic) bond motifs is 1. The van der Waals surface area contributed by atoms with E-state index in [1.165, 1.54) is 6.07 Å². The van der Waals surface area contributed by atoms with Crippen molar-refractivity contribution in [2.45, 2.75) is 6.92 Å². The van der Waals surface area contributed by atoms with Gasteiger partial charge in [-0.3, -0.25) is 0 Å². The van der Waals surface area contributed by atoms with Gasteiger partial charge in [-0.15, -0.1) is 0 Å². The highest BCUT2D eigenvalue weighted by atomic mass is 35.5. The van der Waals surface area contributed by atoms with Crippen molar-refractivity contribution >= 4 is 22.6 Å². The largest absolute Gasteiger partial charge is 0.422 e. The molecule has 2 aromatic rings. The van der Waals surface area contributed by atoms with Crippen LogP contribution in [-0.2, 0) is 0 Å². The van der Waals surface area contributed by atoms with Gasteiger partial charge < -0.3 is 4.42 Å². The normalized spacial score (nSPS) is 10.6. The van der Waals surface area contributed by atoms with Gasteiger partial charge in [0.05, 0.1) is 0 Å². The van der Waals surface area contributed by atoms with Crippen LogP contribution >= 0.6 is 11.6 Å². The molecule has 0 unspecified atom stereocenters. The summed E-state index contributed by atoms with van der Waals surface area (Å²) in [7, 11) is 0. The van der Waals surface area contributed by atoms with Crippen molar-refractivity contribution in [3.05, 3.63) is 45.3 Å². The average molecular weight is 195 g/mol. The fourth-order valence-electron chi connectivity index (χ4n) is 1.25. The molecule has 0 saturated carbocycles. The summed E-state index contributed by atoms with van der Waals surface area (Å²) in [6, 6.07) is 6.74. The molecule has 13 heavy (non-hydrogen) atoms. The number of hydrogen-bond acceptors (Lipinski definition) is 2. The summed E-state index contributed by atoms with van der Waals surface area (Å²) in [6.07, 6.45) is 0. The minimum atomic E-state index is -0.349. The van der Waals surface area contributed by atoms with E-state index in [-0.39, 0.29) is 5.63 Å². The third kappa shape index (κ3) is 1.33. The van der Waals surface area contributed by atoms with Gasteiger partial charge in [-0.2, -0.15) is 0 Å². The Bertz CT molecular complexity index is 514. The average Bonchev–Trinajstić information content (AvgIpc) is 2.12. The van der Waals surface area contributed by atoms with Crippen molar-refractivity contribution in [1.82, 2.24) is 0 Å². The highest BCUT2D eigenvalue weighted by Crippen LogP contribution is 2.23. The van der Waals surface area contributed by atoms with E-state index in [9.17, 15) is 4.79 Å². The first-order valence-corrected chi connectivity index (χ1v) is 4.25. The topological polar surface area (TPSA) is 30.2 Å². The number of hydrogen-bond donors (Lipinski definition) is 0. The molecule has 66 valence electrons. The zero-order chi connectivity index (χ0) is 9.42. The Labute approximate surface area is 79.7 Å². The lowest BCUT2D eigenvalue weighted by molar-refractivity contribution is 0.559. The lowest BCUT2D eigenvalue weighted by Gasteiger charge is -2.00. The summed E-state index contributed by atoms with van der Waals surface area (Å²) in [5.74, 6) is 0. The van der Waals surface area contributed by atoms with Crippen LogP contribution in [0.5, 0.6) is 0 Å². The summed E-state index contributed by atoms with van der Waals surface area (Å²) in [6.45, 7) is 1.83. The van der Waals surface area contributed by atoms with Crippen LogP contribution < -0.4 is 5.63 Å². The molecule has 3 heteroatoms. The van der Waals surface area contributed by atoms with Gasteiger partial charge >= 0.3 is 5.63 Å². The molecule has 0 aliphatic carbocycles. The summed E-state index contributed by atoms with van der Waals surface area (Å²) in [5.41, 5.74) is 1.02. The van der Waals surface area contributed by atoms with Crippen molar-refractivity contribution in [1.29, 1.82) is 0 Å². The van der Waals surface area contributed by atoms with Crippen LogP contribution in [0.2, 0.25) is 5.02 Å². The zero-order valence-corrected chi connectivity index (χ0v) is 7.76. The molecule has 0 bridgehead atoms. The molecule has 0 aliphatic rings. The molecule has 1 heterocycles. The Balaban J connectivity index is 2.97. The Morgan fingerprint density at radius 2 is 1.92 bits per heavy atom. The van der Waals surface area contributed by atoms with E-state index in [1.54, 1.807) is 12.1 Å². The second-order valence-electron chi connectivity index (χ2n) is 2.85. The molecule has 2 rings (SSSR count). The van der Waals surface area contributed by atoms with E-state index < -0.39 is 0 Å². The quantitative estimate of drug-likeness (QED) is 0.604. The van der Waals surface area contributed by atoms with E-state index in [0.29, 0.717) is 10.6 Å². The van der Waals surface area contributed by atoms with Crippen LogP contribution in [0.4, 0.5) is 0 Å². The van der Waals surface area contributed by atoms with Gasteiger partial charge in [0.15, 0.2) is 0 Å². The molecule has 0 spiro atoms. The smallest absolute Gasteiger partial charge is 0.336 e. The number of aryl methyl sites for hydroxylation is 1. The molecular formula is C10H7ClO2. The maximum Gasteiger partial charge on any atom is 0.336 e. The maximum atomic E-state index is 10.9. The first-order chi connectivity index (χ1) is 6.18. The van der Waals surface area contributed by atoms with Crippen molar-refractivity contribution in [3.63, 3.8) is 0 Å². The van der Waals surface area contributed by atoms with Crippen molar-refractivity contribution in [2.75, 3.05) is 0 Å². The van der Waals surface area contributed by atoms with Gasteiger partial charge in [0.25, 0.3) is 0 Å². The van der Waals surface area contributed by atoms with E-state index in [1.807, 2.05) is 13.0 Å². The fourth-order valence-corrected chi connectivity index (χ4v) is 1.40. The predicted molar refractivity (Wildman–Crippen MR) is 52.2 cm³/mol. The third-order valence-corrected chi connectivity index (χ3v) is 2.38. The Morgan fingerprint density at radius 1 is 1.23 bits per heavy atom. The summed E-state index contributed by atoms with van der Waals surface area (Å²) in [4.78, 5) is 10.9. The van der Waals surface area contributed by atoms with Crippen LogP contribution in [0.3, 0.4) is 0 Å². The van der Waals surface area contributed by atoms with Crippen molar-refractivity contribution in [2.24, 2.45) is 0 Å². The lowest BCUT2D eigenvalue weighted by atomic mass is 10.1. The second kappa shape index (κ2) is 2.89. The fraction of sp³-hybridized carbons (Fsp3) is 0.100. The molecule has 0 atom stereocenters. The molecule has 0 amide bonds. The molecule has 0 N–H and O–H groups in total. The minimum absolute atomic E-state index is 0.349. The van der Waals surface area contributed by atoms with Crippen LogP contribution in [0.25, 0.3) is 11.0 Å². The standard InChI is InChI=1S/C10H7ClO2/c1-6-8(11)4-2-7-3-5-9(12)13-10(6)7/h2-5H,1H3. The molecular weight excluding hydrogens is 188 g/mol. The molecule has 2 nitrogen and oxygen atoms in total. The maximum absolute atomic E-state index is 10.9. The number of benzene rings is 1. The lowest BCUT2D eigenvalue weighted by Crippen LogP contribution is -1.95. The SMILES string of the molecule is Cc1c(Cl)ccc2ccc(=O)oc12. The summed E-state index contributed by atoms with van der Waals surface area (Å²) < 4.78 is 5.03. The van der Waals surface area contributed by atoms with E-state index in [4.69, 9.17) is 16.0 Å². The zero-order valence-electron chi connectivity index (χ0n) is 7.00. The third-order valence-electron chi connectivity index (χ3n) is 1.97. The molecule has 0 fully saturated rings. The van der Waals surface area contributed by atoms with E-state index in [2.05, 4.69) is 0 Å². The van der Waals surface area contributed by atoms with Crippen molar-refractivity contribution in [3.8, 4) is 0 Å². The Hall–Kier alpha value is -1.28. The molecule has 1 aromatic carbocycles. The van der Waals surface area contributed by atoms with Gasteiger partial charge in [0.2, 0.25) is 0 Å². The molecule has 0 aliphatic heterocycles. The van der Waals surface area contributed by atoms with Crippen LogP contribution in [0, 0.1) is 6.92 Å². The molecule has 1 aromatic heterocycles.